The topological polar surface area (TPSA) is 57.7 Å². The summed E-state index contributed by atoms with van der Waals surface area (Å²) >= 11 is 1.60. The molecule has 1 saturated carbocycles. The van der Waals surface area contributed by atoms with E-state index in [9.17, 15) is 4.79 Å². The molecule has 1 aromatic heterocycles. The number of rotatable bonds is 8. The second kappa shape index (κ2) is 10.7. The molecular formula is C27H34N4O2S. The van der Waals surface area contributed by atoms with Gasteiger partial charge in [-0.1, -0.05) is 30.7 Å². The van der Waals surface area contributed by atoms with Crippen molar-refractivity contribution in [2.24, 2.45) is 11.8 Å². The number of ether oxygens (including phenoxy) is 1. The van der Waals surface area contributed by atoms with Gasteiger partial charge in [0.25, 0.3) is 0 Å². The van der Waals surface area contributed by atoms with Gasteiger partial charge in [-0.2, -0.15) is 4.37 Å². The van der Waals surface area contributed by atoms with Crippen LogP contribution in [0.25, 0.3) is 10.1 Å². The molecule has 5 rings (SSSR count). The van der Waals surface area contributed by atoms with E-state index in [4.69, 9.17) is 9.11 Å². The number of nitrogens with zero attached hydrogens (tertiary/aromatic N) is 3. The molecule has 2 atom stereocenters. The molecule has 2 aromatic carbocycles. The number of fused-ring (bicyclic) bond motifs is 1. The van der Waals surface area contributed by atoms with Crippen LogP contribution in [0.15, 0.2) is 48.5 Å². The van der Waals surface area contributed by atoms with E-state index in [0.29, 0.717) is 18.3 Å². The molecule has 1 saturated heterocycles. The first kappa shape index (κ1) is 23.1. The number of hydrogen-bond acceptors (Lipinski definition) is 6. The van der Waals surface area contributed by atoms with Crippen LogP contribution in [0.5, 0.6) is 5.75 Å². The van der Waals surface area contributed by atoms with E-state index in [1.54, 1.807) is 18.6 Å². The van der Waals surface area contributed by atoms with Crippen molar-refractivity contribution >= 4 is 33.3 Å². The number of carbonyl (C=O) groups excluding carboxylic acids is 1. The number of benzene rings is 2. The van der Waals surface area contributed by atoms with Crippen LogP contribution in [-0.2, 0) is 11.2 Å². The number of amides is 1. The summed E-state index contributed by atoms with van der Waals surface area (Å²) in [4.78, 5) is 17.6. The molecule has 2 heterocycles. The van der Waals surface area contributed by atoms with Crippen molar-refractivity contribution in [3.8, 4) is 5.75 Å². The van der Waals surface area contributed by atoms with Crippen molar-refractivity contribution in [1.82, 2.24) is 14.6 Å². The molecule has 1 amide bonds. The average molecular weight is 479 g/mol. The zero-order valence-corrected chi connectivity index (χ0v) is 20.7. The monoisotopic (exact) mass is 478 g/mol. The highest BCUT2D eigenvalue weighted by Gasteiger charge is 2.30. The Hall–Kier alpha value is -2.64. The van der Waals surface area contributed by atoms with E-state index in [2.05, 4.69) is 39.4 Å². The number of nitrogens with one attached hydrogen (secondary N) is 1. The van der Waals surface area contributed by atoms with Gasteiger partial charge < -0.3 is 15.0 Å². The molecule has 0 bridgehead atoms. The zero-order chi connectivity index (χ0) is 23.3. The van der Waals surface area contributed by atoms with Gasteiger partial charge in [0, 0.05) is 44.7 Å². The molecule has 2 aliphatic rings. The van der Waals surface area contributed by atoms with Gasteiger partial charge in [-0.25, -0.2) is 0 Å². The molecule has 7 heteroatoms. The number of hydrogen-bond donors (Lipinski definition) is 1. The Morgan fingerprint density at radius 1 is 1.06 bits per heavy atom. The van der Waals surface area contributed by atoms with Crippen molar-refractivity contribution in [3.63, 3.8) is 0 Å². The number of piperazine rings is 1. The minimum absolute atomic E-state index is 0.111. The molecule has 6 nitrogen and oxygen atoms in total. The Labute approximate surface area is 206 Å². The predicted molar refractivity (Wildman–Crippen MR) is 139 cm³/mol. The normalized spacial score (nSPS) is 21.1. The van der Waals surface area contributed by atoms with E-state index >= 15 is 0 Å². The highest BCUT2D eigenvalue weighted by atomic mass is 32.1. The van der Waals surface area contributed by atoms with E-state index in [0.717, 1.165) is 56.4 Å². The number of aromatic nitrogens is 1. The van der Waals surface area contributed by atoms with Crippen LogP contribution in [0.4, 0.5) is 5.82 Å². The van der Waals surface area contributed by atoms with E-state index < -0.39 is 0 Å². The molecule has 34 heavy (non-hydrogen) atoms. The Bertz CT molecular complexity index is 1090. The fourth-order valence-corrected chi connectivity index (χ4v) is 6.23. The predicted octanol–water partition coefficient (Wildman–Crippen LogP) is 4.20. The van der Waals surface area contributed by atoms with Gasteiger partial charge in [-0.15, -0.1) is 0 Å². The van der Waals surface area contributed by atoms with Crippen molar-refractivity contribution in [2.75, 3.05) is 51.3 Å². The Morgan fingerprint density at radius 2 is 1.82 bits per heavy atom. The molecular weight excluding hydrogens is 444 g/mol. The quantitative estimate of drug-likeness (QED) is 0.526. The SMILES string of the molecule is COc1ccc(CC(=O)NC[C@H]2CCC[C@@H]2CN2CCN(c3nsc4ccccc34)CC2)cc1. The van der Waals surface area contributed by atoms with Crippen molar-refractivity contribution < 1.29 is 9.53 Å². The van der Waals surface area contributed by atoms with Crippen LogP contribution < -0.4 is 15.0 Å². The third-order valence-corrected chi connectivity index (χ3v) is 8.24. The first-order chi connectivity index (χ1) is 16.7. The summed E-state index contributed by atoms with van der Waals surface area (Å²) in [6, 6.07) is 16.3. The Balaban J connectivity index is 1.08. The Morgan fingerprint density at radius 3 is 2.62 bits per heavy atom. The lowest BCUT2D eigenvalue weighted by Gasteiger charge is -2.37. The summed E-state index contributed by atoms with van der Waals surface area (Å²) in [6.45, 7) is 6.17. The van der Waals surface area contributed by atoms with Crippen LogP contribution in [0.3, 0.4) is 0 Å². The van der Waals surface area contributed by atoms with E-state index in [1.807, 2.05) is 24.3 Å². The smallest absolute Gasteiger partial charge is 0.224 e. The minimum Gasteiger partial charge on any atom is -0.497 e. The lowest BCUT2D eigenvalue weighted by molar-refractivity contribution is -0.120. The van der Waals surface area contributed by atoms with Crippen molar-refractivity contribution in [2.45, 2.75) is 25.7 Å². The van der Waals surface area contributed by atoms with Crippen molar-refractivity contribution in [1.29, 1.82) is 0 Å². The highest BCUT2D eigenvalue weighted by Crippen LogP contribution is 2.33. The van der Waals surface area contributed by atoms with Crippen LogP contribution in [-0.4, -0.2) is 61.6 Å². The van der Waals surface area contributed by atoms with Gasteiger partial charge in [0.05, 0.1) is 18.2 Å². The van der Waals surface area contributed by atoms with Crippen LogP contribution in [0, 0.1) is 11.8 Å². The van der Waals surface area contributed by atoms with E-state index in [1.165, 1.54) is 29.3 Å². The number of anilines is 1. The summed E-state index contributed by atoms with van der Waals surface area (Å²) in [5.41, 5.74) is 1.02. The molecule has 1 N–H and O–H groups in total. The summed E-state index contributed by atoms with van der Waals surface area (Å²) in [5, 5.41) is 4.49. The molecule has 180 valence electrons. The first-order valence-electron chi connectivity index (χ1n) is 12.4. The molecule has 3 aromatic rings. The summed E-state index contributed by atoms with van der Waals surface area (Å²) in [7, 11) is 1.66. The summed E-state index contributed by atoms with van der Waals surface area (Å²) < 4.78 is 11.2. The average Bonchev–Trinajstić information content (AvgIpc) is 3.50. The Kier molecular flexibility index (Phi) is 7.30. The molecule has 0 spiro atoms. The van der Waals surface area contributed by atoms with Gasteiger partial charge in [0.2, 0.25) is 5.91 Å². The lowest BCUT2D eigenvalue weighted by atomic mass is 9.95. The molecule has 0 radical (unpaired) electrons. The molecule has 1 aliphatic heterocycles. The van der Waals surface area contributed by atoms with Gasteiger partial charge in [0.1, 0.15) is 11.6 Å². The third-order valence-electron chi connectivity index (χ3n) is 7.42. The van der Waals surface area contributed by atoms with Gasteiger partial charge in [-0.05, 0) is 66.0 Å². The fourth-order valence-electron chi connectivity index (χ4n) is 5.43. The van der Waals surface area contributed by atoms with Crippen LogP contribution in [0.1, 0.15) is 24.8 Å². The van der Waals surface area contributed by atoms with E-state index in [-0.39, 0.29) is 5.91 Å². The second-order valence-electron chi connectivity index (χ2n) is 9.57. The number of methoxy groups -OCH3 is 1. The molecule has 1 aliphatic carbocycles. The zero-order valence-electron chi connectivity index (χ0n) is 19.9. The van der Waals surface area contributed by atoms with Crippen LogP contribution in [0.2, 0.25) is 0 Å². The van der Waals surface area contributed by atoms with Gasteiger partial charge in [-0.3, -0.25) is 9.69 Å². The van der Waals surface area contributed by atoms with Crippen LogP contribution >= 0.6 is 11.5 Å². The maximum Gasteiger partial charge on any atom is 0.224 e. The summed E-state index contributed by atoms with van der Waals surface area (Å²) in [5.74, 6) is 3.34. The van der Waals surface area contributed by atoms with Gasteiger partial charge >= 0.3 is 0 Å². The third kappa shape index (κ3) is 5.36. The largest absolute Gasteiger partial charge is 0.497 e. The second-order valence-corrected chi connectivity index (χ2v) is 10.4. The number of carbonyl (C=O) groups is 1. The molecule has 0 unspecified atom stereocenters. The fraction of sp³-hybridized carbons (Fsp3) is 0.481. The maximum absolute atomic E-state index is 12.5. The first-order valence-corrected chi connectivity index (χ1v) is 13.2. The summed E-state index contributed by atoms with van der Waals surface area (Å²) in [6.07, 6.45) is 4.19. The maximum atomic E-state index is 12.5. The minimum atomic E-state index is 0.111. The highest BCUT2D eigenvalue weighted by molar-refractivity contribution is 7.13. The van der Waals surface area contributed by atoms with Gasteiger partial charge in [0.15, 0.2) is 0 Å². The lowest BCUT2D eigenvalue weighted by Crippen LogP contribution is -2.48. The standard InChI is InChI=1S/C27H34N4O2S/c1-33-23-11-9-20(10-12-23)17-26(32)28-18-21-5-4-6-22(21)19-30-13-15-31(16-14-30)27-24-7-2-3-8-25(24)34-29-27/h2-3,7-12,21-22H,4-6,13-19H2,1H3,(H,28,32)/t21-,22-/m1/s1. The molecule has 2 fully saturated rings. The van der Waals surface area contributed by atoms with Crippen molar-refractivity contribution in [3.05, 3.63) is 54.1 Å².